The number of esters is 1. The second-order valence-corrected chi connectivity index (χ2v) is 6.42. The van der Waals surface area contributed by atoms with Crippen molar-refractivity contribution in [1.82, 2.24) is 0 Å². The predicted molar refractivity (Wildman–Crippen MR) is 95.4 cm³/mol. The SMILES string of the molecule is O=C(/C=C/c1cccc(Br)c1)OCc1cc(Cl)c2c(c1)OCCO2. The highest BCUT2D eigenvalue weighted by atomic mass is 79.9. The van der Waals surface area contributed by atoms with Crippen LogP contribution in [-0.2, 0) is 16.1 Å². The van der Waals surface area contributed by atoms with Crippen LogP contribution in [0.2, 0.25) is 5.02 Å². The molecule has 0 amide bonds. The van der Waals surface area contributed by atoms with E-state index in [0.29, 0.717) is 29.7 Å². The first kappa shape index (κ1) is 16.9. The van der Waals surface area contributed by atoms with Crippen LogP contribution in [0.25, 0.3) is 6.08 Å². The summed E-state index contributed by atoms with van der Waals surface area (Å²) in [7, 11) is 0. The monoisotopic (exact) mass is 408 g/mol. The zero-order valence-corrected chi connectivity index (χ0v) is 15.0. The molecule has 1 aliphatic rings. The van der Waals surface area contributed by atoms with Crippen molar-refractivity contribution in [3.05, 3.63) is 63.1 Å². The number of ether oxygens (including phenoxy) is 3. The van der Waals surface area contributed by atoms with Crippen LogP contribution in [0.15, 0.2) is 46.9 Å². The molecule has 0 aromatic heterocycles. The first-order chi connectivity index (χ1) is 11.6. The van der Waals surface area contributed by atoms with Gasteiger partial charge in [-0.2, -0.15) is 0 Å². The molecular formula is C18H14BrClO4. The van der Waals surface area contributed by atoms with Gasteiger partial charge in [-0.25, -0.2) is 4.79 Å². The lowest BCUT2D eigenvalue weighted by molar-refractivity contribution is -0.138. The molecule has 4 nitrogen and oxygen atoms in total. The normalized spacial score (nSPS) is 13.1. The molecule has 1 heterocycles. The minimum Gasteiger partial charge on any atom is -0.486 e. The van der Waals surface area contributed by atoms with Crippen LogP contribution in [0.4, 0.5) is 0 Å². The van der Waals surface area contributed by atoms with Crippen LogP contribution < -0.4 is 9.47 Å². The van der Waals surface area contributed by atoms with E-state index in [4.69, 9.17) is 25.8 Å². The van der Waals surface area contributed by atoms with Gasteiger partial charge in [-0.1, -0.05) is 39.7 Å². The summed E-state index contributed by atoms with van der Waals surface area (Å²) >= 11 is 9.54. The van der Waals surface area contributed by atoms with Crippen LogP contribution in [0.5, 0.6) is 11.5 Å². The Kier molecular flexibility index (Phi) is 5.43. The van der Waals surface area contributed by atoms with Crippen molar-refractivity contribution in [3.63, 3.8) is 0 Å². The zero-order chi connectivity index (χ0) is 16.9. The Morgan fingerprint density at radius 2 is 2.08 bits per heavy atom. The fraction of sp³-hybridized carbons (Fsp3) is 0.167. The van der Waals surface area contributed by atoms with E-state index < -0.39 is 5.97 Å². The summed E-state index contributed by atoms with van der Waals surface area (Å²) < 4.78 is 17.1. The van der Waals surface area contributed by atoms with E-state index in [1.54, 1.807) is 18.2 Å². The van der Waals surface area contributed by atoms with Crippen molar-refractivity contribution in [3.8, 4) is 11.5 Å². The lowest BCUT2D eigenvalue weighted by Gasteiger charge is -2.20. The van der Waals surface area contributed by atoms with E-state index in [1.807, 2.05) is 24.3 Å². The van der Waals surface area contributed by atoms with Gasteiger partial charge in [0.1, 0.15) is 19.8 Å². The summed E-state index contributed by atoms with van der Waals surface area (Å²) in [6, 6.07) is 11.1. The Bertz CT molecular complexity index is 789. The summed E-state index contributed by atoms with van der Waals surface area (Å²) in [5.41, 5.74) is 1.65. The van der Waals surface area contributed by atoms with E-state index in [2.05, 4.69) is 15.9 Å². The number of halogens is 2. The fourth-order valence-electron chi connectivity index (χ4n) is 2.22. The summed E-state index contributed by atoms with van der Waals surface area (Å²) in [4.78, 5) is 11.8. The molecule has 124 valence electrons. The molecule has 0 aliphatic carbocycles. The van der Waals surface area contributed by atoms with Gasteiger partial charge in [0.05, 0.1) is 5.02 Å². The van der Waals surface area contributed by atoms with E-state index in [-0.39, 0.29) is 6.61 Å². The number of hydrogen-bond donors (Lipinski definition) is 0. The third kappa shape index (κ3) is 4.30. The second kappa shape index (κ2) is 7.73. The van der Waals surface area contributed by atoms with Gasteiger partial charge in [0, 0.05) is 10.5 Å². The standard InChI is InChI=1S/C18H14BrClO4/c19-14-3-1-2-12(8-14)4-5-17(21)24-11-13-9-15(20)18-16(10-13)22-6-7-23-18/h1-5,8-10H,6-7,11H2/b5-4+. The minimum absolute atomic E-state index is 0.109. The number of benzene rings is 2. The molecule has 2 aromatic rings. The second-order valence-electron chi connectivity index (χ2n) is 5.10. The largest absolute Gasteiger partial charge is 0.486 e. The van der Waals surface area contributed by atoms with Crippen LogP contribution in [0.1, 0.15) is 11.1 Å². The number of hydrogen-bond acceptors (Lipinski definition) is 4. The van der Waals surface area contributed by atoms with Crippen molar-refractivity contribution < 1.29 is 19.0 Å². The molecule has 3 rings (SSSR count). The maximum absolute atomic E-state index is 11.8. The van der Waals surface area contributed by atoms with Gasteiger partial charge in [-0.05, 0) is 41.5 Å². The van der Waals surface area contributed by atoms with E-state index in [1.165, 1.54) is 6.08 Å². The smallest absolute Gasteiger partial charge is 0.331 e. The van der Waals surface area contributed by atoms with Crippen molar-refractivity contribution in [1.29, 1.82) is 0 Å². The van der Waals surface area contributed by atoms with Crippen LogP contribution >= 0.6 is 27.5 Å². The van der Waals surface area contributed by atoms with Gasteiger partial charge in [0.15, 0.2) is 11.5 Å². The van der Waals surface area contributed by atoms with Gasteiger partial charge >= 0.3 is 5.97 Å². The Morgan fingerprint density at radius 3 is 2.92 bits per heavy atom. The van der Waals surface area contributed by atoms with Crippen molar-refractivity contribution in [2.45, 2.75) is 6.61 Å². The first-order valence-electron chi connectivity index (χ1n) is 7.30. The molecule has 0 N–H and O–H groups in total. The van der Waals surface area contributed by atoms with Crippen LogP contribution in [-0.4, -0.2) is 19.2 Å². The Balaban J connectivity index is 1.61. The number of rotatable bonds is 4. The molecular weight excluding hydrogens is 396 g/mol. The maximum atomic E-state index is 11.8. The Hall–Kier alpha value is -1.98. The van der Waals surface area contributed by atoms with E-state index in [9.17, 15) is 4.79 Å². The predicted octanol–water partition coefficient (Wildman–Crippen LogP) is 4.63. The van der Waals surface area contributed by atoms with Gasteiger partial charge in [0.2, 0.25) is 0 Å². The minimum atomic E-state index is -0.430. The number of fused-ring (bicyclic) bond motifs is 1. The highest BCUT2D eigenvalue weighted by Gasteiger charge is 2.17. The summed E-state index contributed by atoms with van der Waals surface area (Å²) in [5.74, 6) is 0.679. The number of carbonyl (C=O) groups is 1. The lowest BCUT2D eigenvalue weighted by Crippen LogP contribution is -2.16. The quantitative estimate of drug-likeness (QED) is 0.545. The van der Waals surface area contributed by atoms with Crippen molar-refractivity contribution in [2.24, 2.45) is 0 Å². The fourth-order valence-corrected chi connectivity index (χ4v) is 2.93. The third-order valence-corrected chi connectivity index (χ3v) is 4.07. The molecule has 0 fully saturated rings. The van der Waals surface area contributed by atoms with Gasteiger partial charge in [-0.3, -0.25) is 0 Å². The molecule has 1 aliphatic heterocycles. The van der Waals surface area contributed by atoms with Crippen molar-refractivity contribution in [2.75, 3.05) is 13.2 Å². The Labute approximate surface area is 153 Å². The van der Waals surface area contributed by atoms with Crippen LogP contribution in [0, 0.1) is 0 Å². The Morgan fingerprint density at radius 1 is 1.25 bits per heavy atom. The third-order valence-electron chi connectivity index (χ3n) is 3.30. The summed E-state index contributed by atoms with van der Waals surface area (Å²) in [6.07, 6.45) is 3.09. The van der Waals surface area contributed by atoms with Gasteiger partial charge in [-0.15, -0.1) is 0 Å². The lowest BCUT2D eigenvalue weighted by atomic mass is 10.2. The molecule has 0 spiro atoms. The van der Waals surface area contributed by atoms with Crippen molar-refractivity contribution >= 4 is 39.6 Å². The number of carbonyl (C=O) groups excluding carboxylic acids is 1. The molecule has 24 heavy (non-hydrogen) atoms. The first-order valence-corrected chi connectivity index (χ1v) is 8.47. The topological polar surface area (TPSA) is 44.8 Å². The van der Waals surface area contributed by atoms with Gasteiger partial charge in [0.25, 0.3) is 0 Å². The summed E-state index contributed by atoms with van der Waals surface area (Å²) in [5, 5.41) is 0.447. The molecule has 0 radical (unpaired) electrons. The molecule has 6 heteroatoms. The zero-order valence-electron chi connectivity index (χ0n) is 12.6. The molecule has 0 saturated carbocycles. The summed E-state index contributed by atoms with van der Waals surface area (Å²) in [6.45, 7) is 1.06. The molecule has 0 saturated heterocycles. The highest BCUT2D eigenvalue weighted by molar-refractivity contribution is 9.10. The molecule has 0 atom stereocenters. The highest BCUT2D eigenvalue weighted by Crippen LogP contribution is 2.38. The van der Waals surface area contributed by atoms with E-state index in [0.717, 1.165) is 15.6 Å². The van der Waals surface area contributed by atoms with Crippen LogP contribution in [0.3, 0.4) is 0 Å². The average molecular weight is 410 g/mol. The molecule has 0 bridgehead atoms. The molecule has 0 unspecified atom stereocenters. The van der Waals surface area contributed by atoms with Gasteiger partial charge < -0.3 is 14.2 Å². The maximum Gasteiger partial charge on any atom is 0.331 e. The average Bonchev–Trinajstić information content (AvgIpc) is 2.58. The van der Waals surface area contributed by atoms with E-state index >= 15 is 0 Å². The molecule has 2 aromatic carbocycles.